The number of benzene rings is 1. The lowest BCUT2D eigenvalue weighted by Crippen LogP contribution is -2.35. The minimum atomic E-state index is -0.0528. The monoisotopic (exact) mass is 354 g/mol. The molecule has 1 fully saturated rings. The lowest BCUT2D eigenvalue weighted by atomic mass is 10.1. The summed E-state index contributed by atoms with van der Waals surface area (Å²) >= 11 is 3.50. The molecule has 1 saturated carbocycles. The van der Waals surface area contributed by atoms with Gasteiger partial charge in [-0.25, -0.2) is 0 Å². The van der Waals surface area contributed by atoms with E-state index in [1.165, 1.54) is 0 Å². The van der Waals surface area contributed by atoms with E-state index in [4.69, 9.17) is 4.74 Å². The highest BCUT2D eigenvalue weighted by Crippen LogP contribution is 2.29. The van der Waals surface area contributed by atoms with Crippen LogP contribution in [0.1, 0.15) is 39.2 Å². The number of nitrogens with one attached hydrogen (secondary N) is 2. The van der Waals surface area contributed by atoms with E-state index < -0.39 is 0 Å². The van der Waals surface area contributed by atoms with Gasteiger partial charge >= 0.3 is 0 Å². The van der Waals surface area contributed by atoms with Gasteiger partial charge in [-0.3, -0.25) is 4.79 Å². The number of carbonyl (C=O) groups is 1. The highest BCUT2D eigenvalue weighted by molar-refractivity contribution is 9.10. The van der Waals surface area contributed by atoms with Crippen LogP contribution in [0.2, 0.25) is 0 Å². The fourth-order valence-electron chi connectivity index (χ4n) is 1.85. The van der Waals surface area contributed by atoms with E-state index >= 15 is 0 Å². The van der Waals surface area contributed by atoms with Gasteiger partial charge in [0.05, 0.1) is 4.47 Å². The first-order valence-corrected chi connectivity index (χ1v) is 8.09. The molecule has 0 heterocycles. The highest BCUT2D eigenvalue weighted by Gasteiger charge is 2.23. The molecule has 1 amide bonds. The lowest BCUT2D eigenvalue weighted by molar-refractivity contribution is -0.123. The Morgan fingerprint density at radius 1 is 1.38 bits per heavy atom. The molecule has 2 N–H and O–H groups in total. The fraction of sp³-hybridized carbons (Fsp3) is 0.562. The van der Waals surface area contributed by atoms with Crippen molar-refractivity contribution in [2.45, 2.75) is 51.7 Å². The van der Waals surface area contributed by atoms with Gasteiger partial charge < -0.3 is 15.4 Å². The Morgan fingerprint density at radius 3 is 2.71 bits per heavy atom. The van der Waals surface area contributed by atoms with E-state index in [-0.39, 0.29) is 18.1 Å². The molecule has 0 saturated heterocycles. The molecular weight excluding hydrogens is 332 g/mol. The summed E-state index contributed by atoms with van der Waals surface area (Å²) in [5.74, 6) is 0.684. The zero-order valence-corrected chi connectivity index (χ0v) is 14.4. The van der Waals surface area contributed by atoms with Gasteiger partial charge in [-0.1, -0.05) is 12.1 Å². The zero-order valence-electron chi connectivity index (χ0n) is 12.8. The molecule has 0 bridgehead atoms. The summed E-state index contributed by atoms with van der Waals surface area (Å²) < 4.78 is 6.59. The number of rotatable bonds is 6. The van der Waals surface area contributed by atoms with E-state index in [1.807, 2.05) is 18.2 Å². The predicted octanol–water partition coefficient (Wildman–Crippen LogP) is 2.99. The number of amides is 1. The lowest BCUT2D eigenvalue weighted by Gasteiger charge is -2.22. The Labute approximate surface area is 134 Å². The number of carbonyl (C=O) groups excluding carboxylic acids is 1. The van der Waals surface area contributed by atoms with Gasteiger partial charge in [-0.2, -0.15) is 0 Å². The molecule has 0 radical (unpaired) electrons. The Kier molecular flexibility index (Phi) is 5.27. The molecule has 1 aromatic carbocycles. The zero-order chi connectivity index (χ0) is 15.5. The van der Waals surface area contributed by atoms with Crippen molar-refractivity contribution in [2.24, 2.45) is 0 Å². The first-order valence-electron chi connectivity index (χ1n) is 7.30. The van der Waals surface area contributed by atoms with Crippen LogP contribution >= 0.6 is 15.9 Å². The van der Waals surface area contributed by atoms with Crippen LogP contribution in [0.5, 0.6) is 5.75 Å². The summed E-state index contributed by atoms with van der Waals surface area (Å²) in [5, 5.41) is 6.36. The Hall–Kier alpha value is -1.07. The van der Waals surface area contributed by atoms with Gasteiger partial charge in [0, 0.05) is 23.7 Å². The molecule has 0 unspecified atom stereocenters. The molecule has 2 rings (SSSR count). The molecule has 0 aromatic heterocycles. The summed E-state index contributed by atoms with van der Waals surface area (Å²) in [6.07, 6.45) is 2.17. The second-order valence-corrected chi connectivity index (χ2v) is 7.32. The van der Waals surface area contributed by atoms with E-state index in [1.54, 1.807) is 0 Å². The van der Waals surface area contributed by atoms with Crippen molar-refractivity contribution in [1.82, 2.24) is 10.6 Å². The Morgan fingerprint density at radius 2 is 2.10 bits per heavy atom. The quantitative estimate of drug-likeness (QED) is 0.825. The predicted molar refractivity (Wildman–Crippen MR) is 87.4 cm³/mol. The molecule has 1 aliphatic carbocycles. The van der Waals surface area contributed by atoms with E-state index in [9.17, 15) is 4.79 Å². The molecule has 21 heavy (non-hydrogen) atoms. The van der Waals surface area contributed by atoms with Crippen molar-refractivity contribution in [3.05, 3.63) is 28.2 Å². The van der Waals surface area contributed by atoms with Crippen molar-refractivity contribution in [1.29, 1.82) is 0 Å². The third kappa shape index (κ3) is 5.67. The molecular formula is C16H23BrN2O2. The average Bonchev–Trinajstić information content (AvgIpc) is 3.18. The summed E-state index contributed by atoms with van der Waals surface area (Å²) in [7, 11) is 0. The maximum absolute atomic E-state index is 11.7. The van der Waals surface area contributed by atoms with Gasteiger partial charge in [0.15, 0.2) is 6.61 Å². The minimum absolute atomic E-state index is 0.0307. The van der Waals surface area contributed by atoms with E-state index in [2.05, 4.69) is 47.3 Å². The summed E-state index contributed by atoms with van der Waals surface area (Å²) in [4.78, 5) is 11.7. The standard InChI is InChI=1S/C16H23BrN2O2/c1-16(2,3)18-9-11-5-4-6-13(17)15(11)21-10-14(20)19-12-7-8-12/h4-6,12,18H,7-10H2,1-3H3,(H,19,20). The molecule has 1 aromatic rings. The third-order valence-corrected chi connectivity index (χ3v) is 3.77. The minimum Gasteiger partial charge on any atom is -0.482 e. The average molecular weight is 355 g/mol. The molecule has 0 aliphatic heterocycles. The number of hydrogen-bond acceptors (Lipinski definition) is 3. The van der Waals surface area contributed by atoms with Crippen molar-refractivity contribution in [3.63, 3.8) is 0 Å². The maximum Gasteiger partial charge on any atom is 0.258 e. The van der Waals surface area contributed by atoms with Gasteiger partial charge in [0.1, 0.15) is 5.75 Å². The second-order valence-electron chi connectivity index (χ2n) is 6.46. The summed E-state index contributed by atoms with van der Waals surface area (Å²) in [6, 6.07) is 6.27. The van der Waals surface area contributed by atoms with Crippen LogP contribution in [-0.2, 0) is 11.3 Å². The Balaban J connectivity index is 1.97. The molecule has 5 heteroatoms. The fourth-order valence-corrected chi connectivity index (χ4v) is 2.37. The van der Waals surface area contributed by atoms with Crippen molar-refractivity contribution >= 4 is 21.8 Å². The van der Waals surface area contributed by atoms with Crippen LogP contribution in [0.15, 0.2) is 22.7 Å². The van der Waals surface area contributed by atoms with Gasteiger partial charge in [-0.15, -0.1) is 0 Å². The van der Waals surface area contributed by atoms with Crippen LogP contribution in [0, 0.1) is 0 Å². The molecule has 0 spiro atoms. The smallest absolute Gasteiger partial charge is 0.258 e. The number of halogens is 1. The summed E-state index contributed by atoms with van der Waals surface area (Å²) in [5.41, 5.74) is 1.07. The van der Waals surface area contributed by atoms with E-state index in [0.717, 1.165) is 28.6 Å². The van der Waals surface area contributed by atoms with Crippen molar-refractivity contribution < 1.29 is 9.53 Å². The van der Waals surface area contributed by atoms with E-state index in [0.29, 0.717) is 12.6 Å². The van der Waals surface area contributed by atoms with Crippen LogP contribution < -0.4 is 15.4 Å². The molecule has 1 aliphatic rings. The van der Waals surface area contributed by atoms with Crippen LogP contribution in [0.3, 0.4) is 0 Å². The largest absolute Gasteiger partial charge is 0.482 e. The normalized spacial score (nSPS) is 14.9. The number of ether oxygens (including phenoxy) is 1. The maximum atomic E-state index is 11.7. The van der Waals surface area contributed by atoms with Gasteiger partial charge in [0.25, 0.3) is 5.91 Å². The van der Waals surface area contributed by atoms with Crippen LogP contribution in [-0.4, -0.2) is 24.1 Å². The van der Waals surface area contributed by atoms with Gasteiger partial charge in [-0.05, 0) is 55.6 Å². The Bertz CT molecular complexity index is 507. The highest BCUT2D eigenvalue weighted by atomic mass is 79.9. The van der Waals surface area contributed by atoms with Crippen LogP contribution in [0.4, 0.5) is 0 Å². The van der Waals surface area contributed by atoms with Gasteiger partial charge in [0.2, 0.25) is 0 Å². The second kappa shape index (κ2) is 6.79. The SMILES string of the molecule is CC(C)(C)NCc1cccc(Br)c1OCC(=O)NC1CC1. The van der Waals surface area contributed by atoms with Crippen LogP contribution in [0.25, 0.3) is 0 Å². The number of para-hydroxylation sites is 1. The first-order chi connectivity index (χ1) is 9.85. The topological polar surface area (TPSA) is 50.4 Å². The molecule has 0 atom stereocenters. The summed E-state index contributed by atoms with van der Waals surface area (Å²) in [6.45, 7) is 7.11. The first kappa shape index (κ1) is 16.3. The van der Waals surface area contributed by atoms with Crippen molar-refractivity contribution in [3.8, 4) is 5.75 Å². The van der Waals surface area contributed by atoms with Crippen molar-refractivity contribution in [2.75, 3.05) is 6.61 Å². The molecule has 4 nitrogen and oxygen atoms in total. The molecule has 116 valence electrons. The third-order valence-electron chi connectivity index (χ3n) is 3.15. The number of hydrogen-bond donors (Lipinski definition) is 2.